The molecule has 31 heavy (non-hydrogen) atoms. The third-order valence-electron chi connectivity index (χ3n) is 5.46. The molecule has 0 aliphatic carbocycles. The molecular formula is C25H25N3O2S. The predicted molar refractivity (Wildman–Crippen MR) is 126 cm³/mol. The van der Waals surface area contributed by atoms with Crippen LogP contribution in [0.1, 0.15) is 23.4 Å². The van der Waals surface area contributed by atoms with Gasteiger partial charge < -0.3 is 10.2 Å². The first-order valence-corrected chi connectivity index (χ1v) is 11.3. The van der Waals surface area contributed by atoms with Gasteiger partial charge in [-0.1, -0.05) is 42.5 Å². The number of rotatable bonds is 5. The molecule has 0 saturated carbocycles. The molecule has 1 fully saturated rings. The smallest absolute Gasteiger partial charge is 0.246 e. The third-order valence-corrected chi connectivity index (χ3v) is 6.24. The second-order valence-corrected chi connectivity index (χ2v) is 8.72. The zero-order chi connectivity index (χ0) is 21.6. The average molecular weight is 432 g/mol. The molecule has 1 N–H and O–H groups in total. The highest BCUT2D eigenvalue weighted by molar-refractivity contribution is 7.09. The molecule has 158 valence electrons. The Morgan fingerprint density at radius 1 is 1.06 bits per heavy atom. The van der Waals surface area contributed by atoms with Crippen LogP contribution in [0.3, 0.4) is 0 Å². The second-order valence-electron chi connectivity index (χ2n) is 7.66. The number of aryl methyl sites for hydroxylation is 1. The molecule has 4 rings (SSSR count). The minimum absolute atomic E-state index is 0.00410. The van der Waals surface area contributed by atoms with E-state index in [0.717, 1.165) is 27.5 Å². The van der Waals surface area contributed by atoms with E-state index in [1.165, 1.54) is 0 Å². The molecule has 3 aromatic rings. The van der Waals surface area contributed by atoms with Gasteiger partial charge in [0.2, 0.25) is 11.8 Å². The summed E-state index contributed by atoms with van der Waals surface area (Å²) in [5, 5.41) is 6.08. The van der Waals surface area contributed by atoms with Crippen molar-refractivity contribution >= 4 is 34.9 Å². The van der Waals surface area contributed by atoms with E-state index in [-0.39, 0.29) is 17.7 Å². The lowest BCUT2D eigenvalue weighted by Crippen LogP contribution is -2.40. The van der Waals surface area contributed by atoms with E-state index in [4.69, 9.17) is 0 Å². The highest BCUT2D eigenvalue weighted by atomic mass is 32.1. The van der Waals surface area contributed by atoms with Crippen molar-refractivity contribution in [2.24, 2.45) is 5.92 Å². The van der Waals surface area contributed by atoms with Gasteiger partial charge in [-0.15, -0.1) is 11.3 Å². The van der Waals surface area contributed by atoms with E-state index < -0.39 is 0 Å². The van der Waals surface area contributed by atoms with E-state index in [0.29, 0.717) is 25.9 Å². The summed E-state index contributed by atoms with van der Waals surface area (Å²) in [4.78, 5) is 31.4. The number of thiazole rings is 1. The maximum absolute atomic E-state index is 12.7. The molecule has 2 aromatic carbocycles. The molecule has 1 saturated heterocycles. The minimum Gasteiger partial charge on any atom is -0.339 e. The highest BCUT2D eigenvalue weighted by Crippen LogP contribution is 2.24. The van der Waals surface area contributed by atoms with Gasteiger partial charge >= 0.3 is 0 Å². The summed E-state index contributed by atoms with van der Waals surface area (Å²) in [6, 6.07) is 17.5. The molecule has 1 aromatic heterocycles. The fourth-order valence-electron chi connectivity index (χ4n) is 3.66. The number of carbonyl (C=O) groups is 2. The zero-order valence-corrected chi connectivity index (χ0v) is 18.3. The molecule has 0 bridgehead atoms. The van der Waals surface area contributed by atoms with Crippen molar-refractivity contribution < 1.29 is 9.59 Å². The molecule has 1 aliphatic rings. The topological polar surface area (TPSA) is 62.3 Å². The van der Waals surface area contributed by atoms with E-state index in [1.54, 1.807) is 17.4 Å². The summed E-state index contributed by atoms with van der Waals surface area (Å²) in [6.07, 6.45) is 4.79. The molecule has 6 heteroatoms. The number of nitrogens with one attached hydrogen (secondary N) is 1. The van der Waals surface area contributed by atoms with Crippen molar-refractivity contribution in [3.63, 3.8) is 0 Å². The molecule has 0 spiro atoms. The van der Waals surface area contributed by atoms with E-state index in [1.807, 2.05) is 77.9 Å². The number of aromatic nitrogens is 1. The normalized spacial score (nSPS) is 14.7. The van der Waals surface area contributed by atoms with E-state index in [9.17, 15) is 9.59 Å². The number of piperidine rings is 1. The van der Waals surface area contributed by atoms with Gasteiger partial charge in [0.05, 0.1) is 10.7 Å². The minimum atomic E-state index is -0.0805. The van der Waals surface area contributed by atoms with Gasteiger partial charge in [-0.2, -0.15) is 0 Å². The van der Waals surface area contributed by atoms with Crippen molar-refractivity contribution in [3.8, 4) is 11.3 Å². The lowest BCUT2D eigenvalue weighted by atomic mass is 9.95. The van der Waals surface area contributed by atoms with Crippen LogP contribution in [-0.4, -0.2) is 34.8 Å². The first-order valence-electron chi connectivity index (χ1n) is 10.4. The predicted octanol–water partition coefficient (Wildman–Crippen LogP) is 5.01. The van der Waals surface area contributed by atoms with Crippen LogP contribution in [0.2, 0.25) is 0 Å². The highest BCUT2D eigenvalue weighted by Gasteiger charge is 2.26. The van der Waals surface area contributed by atoms with Crippen LogP contribution in [0, 0.1) is 12.8 Å². The summed E-state index contributed by atoms with van der Waals surface area (Å²) in [7, 11) is 0. The van der Waals surface area contributed by atoms with Gasteiger partial charge in [0.15, 0.2) is 0 Å². The van der Waals surface area contributed by atoms with Gasteiger partial charge in [0.1, 0.15) is 0 Å². The molecule has 0 atom stereocenters. The van der Waals surface area contributed by atoms with Crippen LogP contribution >= 0.6 is 11.3 Å². The number of carbonyl (C=O) groups excluding carboxylic acids is 2. The number of likely N-dealkylation sites (tertiary alicyclic amines) is 1. The third kappa shape index (κ3) is 5.47. The fourth-order valence-corrected chi connectivity index (χ4v) is 4.29. The molecule has 2 amide bonds. The second kappa shape index (κ2) is 9.71. The largest absolute Gasteiger partial charge is 0.339 e. The molecule has 5 nitrogen and oxygen atoms in total. The summed E-state index contributed by atoms with van der Waals surface area (Å²) >= 11 is 1.62. The lowest BCUT2D eigenvalue weighted by molar-refractivity contribution is -0.130. The van der Waals surface area contributed by atoms with Gasteiger partial charge in [-0.25, -0.2) is 4.98 Å². The van der Waals surface area contributed by atoms with Crippen LogP contribution in [0.5, 0.6) is 0 Å². The SMILES string of the molecule is Cc1nc(-c2ccc(NC(=O)C3CCN(C(=O)/C=C/c4ccccc4)CC3)cc2)cs1. The number of anilines is 1. The fraction of sp³-hybridized carbons (Fsp3) is 0.240. The number of hydrogen-bond acceptors (Lipinski definition) is 4. The maximum Gasteiger partial charge on any atom is 0.246 e. The Kier molecular flexibility index (Phi) is 6.57. The van der Waals surface area contributed by atoms with Crippen molar-refractivity contribution in [2.45, 2.75) is 19.8 Å². The molecule has 0 radical (unpaired) electrons. The molecular weight excluding hydrogens is 406 g/mol. The number of nitrogens with zero attached hydrogens (tertiary/aromatic N) is 2. The van der Waals surface area contributed by atoms with Crippen molar-refractivity contribution in [1.29, 1.82) is 0 Å². The van der Waals surface area contributed by atoms with Gasteiger partial charge in [0, 0.05) is 41.7 Å². The Bertz CT molecular complexity index is 1070. The van der Waals surface area contributed by atoms with E-state index in [2.05, 4.69) is 10.3 Å². The van der Waals surface area contributed by atoms with Crippen LogP contribution in [0.4, 0.5) is 5.69 Å². The van der Waals surface area contributed by atoms with Crippen LogP contribution < -0.4 is 5.32 Å². The van der Waals surface area contributed by atoms with Crippen LogP contribution in [0.15, 0.2) is 66.1 Å². The Labute approximate surface area is 186 Å². The molecule has 1 aliphatic heterocycles. The summed E-state index contributed by atoms with van der Waals surface area (Å²) in [6.45, 7) is 3.18. The number of hydrogen-bond donors (Lipinski definition) is 1. The van der Waals surface area contributed by atoms with E-state index >= 15 is 0 Å². The summed E-state index contributed by atoms with van der Waals surface area (Å²) in [5.41, 5.74) is 3.78. The number of amides is 2. The number of benzene rings is 2. The zero-order valence-electron chi connectivity index (χ0n) is 17.5. The monoisotopic (exact) mass is 431 g/mol. The van der Waals surface area contributed by atoms with Gasteiger partial charge in [0.25, 0.3) is 0 Å². The Hall–Kier alpha value is -3.25. The average Bonchev–Trinajstić information content (AvgIpc) is 3.25. The maximum atomic E-state index is 12.7. The summed E-state index contributed by atoms with van der Waals surface area (Å²) < 4.78 is 0. The van der Waals surface area contributed by atoms with Crippen molar-refractivity contribution in [3.05, 3.63) is 76.6 Å². The Morgan fingerprint density at radius 2 is 1.77 bits per heavy atom. The van der Waals surface area contributed by atoms with Crippen LogP contribution in [0.25, 0.3) is 17.3 Å². The van der Waals surface area contributed by atoms with Crippen LogP contribution in [-0.2, 0) is 9.59 Å². The Morgan fingerprint density at radius 3 is 2.42 bits per heavy atom. The van der Waals surface area contributed by atoms with Crippen molar-refractivity contribution in [2.75, 3.05) is 18.4 Å². The van der Waals surface area contributed by atoms with Gasteiger partial charge in [-0.3, -0.25) is 9.59 Å². The lowest BCUT2D eigenvalue weighted by Gasteiger charge is -2.30. The molecule has 0 unspecified atom stereocenters. The Balaban J connectivity index is 1.27. The van der Waals surface area contributed by atoms with Gasteiger partial charge in [-0.05, 0) is 43.5 Å². The first kappa shape index (κ1) is 21.0. The molecule has 2 heterocycles. The quantitative estimate of drug-likeness (QED) is 0.578. The first-order chi connectivity index (χ1) is 15.1. The van der Waals surface area contributed by atoms with Crippen molar-refractivity contribution in [1.82, 2.24) is 9.88 Å². The standard InChI is InChI=1S/C25H25N3O2S/c1-18-26-23(17-31-18)20-8-10-22(11-9-20)27-25(30)21-13-15-28(16-14-21)24(29)12-7-19-5-3-2-4-6-19/h2-12,17,21H,13-16H2,1H3,(H,27,30)/b12-7+. The summed E-state index contributed by atoms with van der Waals surface area (Å²) in [5.74, 6) is -0.0669.